The van der Waals surface area contributed by atoms with Crippen LogP contribution in [-0.4, -0.2) is 22.8 Å². The Balaban J connectivity index is 2.64. The lowest BCUT2D eigenvalue weighted by Gasteiger charge is -2.18. The molecule has 0 bridgehead atoms. The van der Waals surface area contributed by atoms with Gasteiger partial charge in [0.2, 0.25) is 0 Å². The fraction of sp³-hybridized carbons (Fsp3) is 0.455. The van der Waals surface area contributed by atoms with Gasteiger partial charge in [0.15, 0.2) is 0 Å². The molecule has 0 unspecified atom stereocenters. The van der Waals surface area contributed by atoms with E-state index in [0.29, 0.717) is 12.4 Å². The topological polar surface area (TPSA) is 40.0 Å². The zero-order valence-electron chi connectivity index (χ0n) is 9.04. The zero-order valence-corrected chi connectivity index (χ0v) is 9.04. The Morgan fingerprint density at radius 2 is 2.21 bits per heavy atom. The predicted octanol–water partition coefficient (Wildman–Crippen LogP) is 2.21. The van der Waals surface area contributed by atoms with E-state index in [2.05, 4.69) is 4.98 Å². The van der Waals surface area contributed by atoms with Crippen LogP contribution in [0.4, 0.5) is 0 Å². The van der Waals surface area contributed by atoms with E-state index in [0.717, 1.165) is 17.8 Å². The molecular weight excluding hydrogens is 174 g/mol. The number of rotatable bonds is 3. The fourth-order valence-electron chi connectivity index (χ4n) is 1.30. The van der Waals surface area contributed by atoms with Gasteiger partial charge in [0.05, 0.1) is 18.1 Å². The van der Waals surface area contributed by atoms with Crippen LogP contribution in [0.15, 0.2) is 18.2 Å². The van der Waals surface area contributed by atoms with Crippen LogP contribution in [0.25, 0.3) is 0 Å². The molecule has 0 aliphatic carbocycles. The van der Waals surface area contributed by atoms with Crippen LogP contribution >= 0.6 is 0 Å². The van der Waals surface area contributed by atoms with Gasteiger partial charge in [0, 0.05) is 19.2 Å². The van der Waals surface area contributed by atoms with Crippen LogP contribution in [0.2, 0.25) is 0 Å². The quantitative estimate of drug-likeness (QED) is 0.587. The van der Waals surface area contributed by atoms with Gasteiger partial charge in [-0.05, 0) is 19.1 Å². The maximum absolute atomic E-state index is 7.64. The van der Waals surface area contributed by atoms with Crippen LogP contribution in [0.5, 0.6) is 0 Å². The number of hydrogen-bond donors (Lipinski definition) is 1. The van der Waals surface area contributed by atoms with Crippen LogP contribution in [0, 0.1) is 12.3 Å². The van der Waals surface area contributed by atoms with Gasteiger partial charge >= 0.3 is 0 Å². The number of amidine groups is 1. The Kier molecular flexibility index (Phi) is 3.63. The van der Waals surface area contributed by atoms with Crippen molar-refractivity contribution in [2.45, 2.75) is 26.8 Å². The van der Waals surface area contributed by atoms with Crippen molar-refractivity contribution in [2.24, 2.45) is 0 Å². The minimum Gasteiger partial charge on any atom is -0.358 e. The first kappa shape index (κ1) is 10.7. The van der Waals surface area contributed by atoms with Crippen molar-refractivity contribution < 1.29 is 0 Å². The molecule has 0 saturated heterocycles. The van der Waals surface area contributed by atoms with Crippen molar-refractivity contribution in [3.05, 3.63) is 29.6 Å². The number of hydrogen-bond acceptors (Lipinski definition) is 2. The molecule has 76 valence electrons. The normalized spacial score (nSPS) is 9.93. The fourth-order valence-corrected chi connectivity index (χ4v) is 1.30. The van der Waals surface area contributed by atoms with Gasteiger partial charge in [-0.25, -0.2) is 0 Å². The third-order valence-corrected chi connectivity index (χ3v) is 2.14. The van der Waals surface area contributed by atoms with E-state index < -0.39 is 0 Å². The van der Waals surface area contributed by atoms with Crippen LogP contribution in [0.1, 0.15) is 24.7 Å². The number of aromatic nitrogens is 1. The van der Waals surface area contributed by atoms with Gasteiger partial charge in [-0.15, -0.1) is 0 Å². The van der Waals surface area contributed by atoms with Gasteiger partial charge in [0.25, 0.3) is 0 Å². The van der Waals surface area contributed by atoms with Gasteiger partial charge < -0.3 is 4.90 Å². The molecule has 0 radical (unpaired) electrons. The molecule has 1 heterocycles. The number of aryl methyl sites for hydroxylation is 1. The highest BCUT2D eigenvalue weighted by atomic mass is 15.1. The SMILES string of the molecule is CCC(=N)N(C)Cc1cccc(C)n1. The summed E-state index contributed by atoms with van der Waals surface area (Å²) in [7, 11) is 1.93. The average Bonchev–Trinajstić information content (AvgIpc) is 2.16. The molecule has 0 aromatic carbocycles. The molecule has 0 fully saturated rings. The van der Waals surface area contributed by atoms with E-state index in [-0.39, 0.29) is 0 Å². The van der Waals surface area contributed by atoms with E-state index >= 15 is 0 Å². The van der Waals surface area contributed by atoms with Crippen LogP contribution in [0.3, 0.4) is 0 Å². The molecule has 1 aromatic heterocycles. The lowest BCUT2D eigenvalue weighted by atomic mass is 10.3. The molecule has 0 atom stereocenters. The van der Waals surface area contributed by atoms with Crippen molar-refractivity contribution in [3.8, 4) is 0 Å². The molecule has 1 N–H and O–H groups in total. The monoisotopic (exact) mass is 191 g/mol. The third kappa shape index (κ3) is 2.83. The highest BCUT2D eigenvalue weighted by molar-refractivity contribution is 5.78. The molecule has 14 heavy (non-hydrogen) atoms. The molecule has 1 aromatic rings. The van der Waals surface area contributed by atoms with Crippen molar-refractivity contribution >= 4 is 5.84 Å². The highest BCUT2D eigenvalue weighted by Gasteiger charge is 2.03. The maximum atomic E-state index is 7.64. The number of nitrogens with zero attached hydrogens (tertiary/aromatic N) is 2. The zero-order chi connectivity index (χ0) is 10.6. The summed E-state index contributed by atoms with van der Waals surface area (Å²) in [6, 6.07) is 5.97. The Bertz CT molecular complexity index is 320. The Morgan fingerprint density at radius 1 is 1.50 bits per heavy atom. The predicted molar refractivity (Wildman–Crippen MR) is 58.5 cm³/mol. The minimum absolute atomic E-state index is 0.647. The van der Waals surface area contributed by atoms with Crippen molar-refractivity contribution in [1.29, 1.82) is 5.41 Å². The van der Waals surface area contributed by atoms with Crippen molar-refractivity contribution in [2.75, 3.05) is 7.05 Å². The van der Waals surface area contributed by atoms with Gasteiger partial charge in [-0.2, -0.15) is 0 Å². The van der Waals surface area contributed by atoms with E-state index in [9.17, 15) is 0 Å². The summed E-state index contributed by atoms with van der Waals surface area (Å²) in [5.41, 5.74) is 2.05. The second kappa shape index (κ2) is 4.74. The summed E-state index contributed by atoms with van der Waals surface area (Å²) in [5.74, 6) is 0.647. The lowest BCUT2D eigenvalue weighted by molar-refractivity contribution is 0.479. The third-order valence-electron chi connectivity index (χ3n) is 2.14. The first-order valence-electron chi connectivity index (χ1n) is 4.84. The minimum atomic E-state index is 0.647. The molecule has 3 nitrogen and oxygen atoms in total. The Morgan fingerprint density at radius 3 is 2.79 bits per heavy atom. The molecule has 0 spiro atoms. The second-order valence-corrected chi connectivity index (χ2v) is 3.43. The second-order valence-electron chi connectivity index (χ2n) is 3.43. The summed E-state index contributed by atoms with van der Waals surface area (Å²) in [6.45, 7) is 4.69. The molecule has 1 rings (SSSR count). The smallest absolute Gasteiger partial charge is 0.0955 e. The first-order chi connectivity index (χ1) is 6.63. The molecule has 0 amide bonds. The van der Waals surface area contributed by atoms with E-state index in [1.165, 1.54) is 0 Å². The van der Waals surface area contributed by atoms with Gasteiger partial charge in [-0.1, -0.05) is 13.0 Å². The number of nitrogens with one attached hydrogen (secondary N) is 1. The molecule has 0 saturated carbocycles. The van der Waals surface area contributed by atoms with Crippen LogP contribution < -0.4 is 0 Å². The van der Waals surface area contributed by atoms with Crippen molar-refractivity contribution in [3.63, 3.8) is 0 Å². The Hall–Kier alpha value is -1.38. The van der Waals surface area contributed by atoms with E-state index in [4.69, 9.17) is 5.41 Å². The summed E-state index contributed by atoms with van der Waals surface area (Å²) in [6.07, 6.45) is 0.766. The molecular formula is C11H17N3. The highest BCUT2D eigenvalue weighted by Crippen LogP contribution is 2.02. The first-order valence-corrected chi connectivity index (χ1v) is 4.84. The lowest BCUT2D eigenvalue weighted by Crippen LogP contribution is -2.25. The summed E-state index contributed by atoms with van der Waals surface area (Å²) < 4.78 is 0. The standard InChI is InChI=1S/C11H17N3/c1-4-11(12)14(3)8-10-7-5-6-9(2)13-10/h5-7,12H,4,8H2,1-3H3. The average molecular weight is 191 g/mol. The maximum Gasteiger partial charge on any atom is 0.0955 e. The molecule has 0 aliphatic heterocycles. The summed E-state index contributed by atoms with van der Waals surface area (Å²) in [4.78, 5) is 6.31. The van der Waals surface area contributed by atoms with Crippen molar-refractivity contribution in [1.82, 2.24) is 9.88 Å². The molecule has 3 heteroatoms. The Labute approximate surface area is 85.3 Å². The van der Waals surface area contributed by atoms with Gasteiger partial charge in [-0.3, -0.25) is 10.4 Å². The van der Waals surface area contributed by atoms with Gasteiger partial charge in [0.1, 0.15) is 0 Å². The largest absolute Gasteiger partial charge is 0.358 e. The molecule has 0 aliphatic rings. The van der Waals surface area contributed by atoms with E-state index in [1.54, 1.807) is 0 Å². The van der Waals surface area contributed by atoms with Crippen LogP contribution in [-0.2, 0) is 6.54 Å². The number of pyridine rings is 1. The summed E-state index contributed by atoms with van der Waals surface area (Å²) in [5, 5.41) is 7.64. The summed E-state index contributed by atoms with van der Waals surface area (Å²) >= 11 is 0. The van der Waals surface area contributed by atoms with E-state index in [1.807, 2.05) is 44.0 Å².